The number of hydrogen-bond acceptors (Lipinski definition) is 6. The van der Waals surface area contributed by atoms with Gasteiger partial charge >= 0.3 is 5.97 Å². The molecule has 0 radical (unpaired) electrons. The average molecular weight is 284 g/mol. The van der Waals surface area contributed by atoms with Gasteiger partial charge in [-0.05, 0) is 6.07 Å². The number of anilines is 1. The molecule has 1 atom stereocenters. The minimum Gasteiger partial charge on any atom is -0.476 e. The first kappa shape index (κ1) is 13.3. The number of nitriles is 1. The molecule has 7 heteroatoms. The average Bonchev–Trinajstić information content (AvgIpc) is 2.53. The summed E-state index contributed by atoms with van der Waals surface area (Å²) in [7, 11) is 0. The molecule has 1 unspecified atom stereocenters. The van der Waals surface area contributed by atoms with Gasteiger partial charge in [-0.1, -0.05) is 18.2 Å². The highest BCUT2D eigenvalue weighted by Gasteiger charge is 2.27. The number of aromatic carboxylic acids is 1. The van der Waals surface area contributed by atoms with Gasteiger partial charge in [0.25, 0.3) is 0 Å². The second-order valence-electron chi connectivity index (χ2n) is 4.65. The monoisotopic (exact) mass is 284 g/mol. The third-order valence-corrected chi connectivity index (χ3v) is 3.37. The van der Waals surface area contributed by atoms with Crippen LogP contribution in [0.3, 0.4) is 0 Å². The first-order valence-electron chi connectivity index (χ1n) is 6.45. The van der Waals surface area contributed by atoms with Crippen molar-refractivity contribution in [2.75, 3.05) is 24.6 Å². The number of benzene rings is 1. The molecule has 21 heavy (non-hydrogen) atoms. The summed E-state index contributed by atoms with van der Waals surface area (Å²) in [5, 5.41) is 26.8. The minimum atomic E-state index is -1.14. The third-order valence-electron chi connectivity index (χ3n) is 3.37. The maximum atomic E-state index is 11.4. The molecule has 1 fully saturated rings. The molecule has 106 valence electrons. The Hall–Kier alpha value is -2.72. The van der Waals surface area contributed by atoms with Gasteiger partial charge in [0.2, 0.25) is 0 Å². The van der Waals surface area contributed by atoms with Gasteiger partial charge < -0.3 is 14.7 Å². The zero-order valence-electron chi connectivity index (χ0n) is 11.1. The summed E-state index contributed by atoms with van der Waals surface area (Å²) in [6.45, 7) is 1.19. The van der Waals surface area contributed by atoms with Crippen molar-refractivity contribution >= 4 is 22.6 Å². The fourth-order valence-corrected chi connectivity index (χ4v) is 2.43. The summed E-state index contributed by atoms with van der Waals surface area (Å²) in [5.74, 6) is -1.14. The maximum Gasteiger partial charge on any atom is 0.358 e. The van der Waals surface area contributed by atoms with Crippen LogP contribution in [-0.4, -0.2) is 47.1 Å². The van der Waals surface area contributed by atoms with E-state index in [2.05, 4.69) is 16.3 Å². The first-order valence-corrected chi connectivity index (χ1v) is 6.45. The minimum absolute atomic E-state index is 0.104. The van der Waals surface area contributed by atoms with E-state index in [9.17, 15) is 9.90 Å². The van der Waals surface area contributed by atoms with Gasteiger partial charge in [-0.2, -0.15) is 5.26 Å². The molecule has 1 aliphatic heterocycles. The Morgan fingerprint density at radius 2 is 2.24 bits per heavy atom. The van der Waals surface area contributed by atoms with Crippen LogP contribution in [0.2, 0.25) is 0 Å². The predicted octanol–water partition coefficient (Wildman–Crippen LogP) is 1.06. The van der Waals surface area contributed by atoms with Crippen LogP contribution in [0, 0.1) is 11.3 Å². The Morgan fingerprint density at radius 1 is 1.43 bits per heavy atom. The highest BCUT2D eigenvalue weighted by molar-refractivity contribution is 6.02. The lowest BCUT2D eigenvalue weighted by atomic mass is 10.1. The zero-order chi connectivity index (χ0) is 14.8. The van der Waals surface area contributed by atoms with Gasteiger partial charge in [-0.3, -0.25) is 0 Å². The Morgan fingerprint density at radius 3 is 3.00 bits per heavy atom. The SMILES string of the molecule is N#CC1CN(c2c(C(=O)O)nnc3ccccc23)CCO1. The largest absolute Gasteiger partial charge is 0.476 e. The first-order chi connectivity index (χ1) is 10.2. The lowest BCUT2D eigenvalue weighted by Gasteiger charge is -2.32. The summed E-state index contributed by atoms with van der Waals surface area (Å²) in [6.07, 6.45) is -0.577. The summed E-state index contributed by atoms with van der Waals surface area (Å²) in [5.41, 5.74) is 1.02. The quantitative estimate of drug-likeness (QED) is 0.880. The Labute approximate surface area is 120 Å². The van der Waals surface area contributed by atoms with Crippen molar-refractivity contribution in [1.82, 2.24) is 10.2 Å². The summed E-state index contributed by atoms with van der Waals surface area (Å²) in [4.78, 5) is 13.3. The maximum absolute atomic E-state index is 11.4. The van der Waals surface area contributed by atoms with E-state index < -0.39 is 12.1 Å². The standard InChI is InChI=1S/C14H12N4O3/c15-7-9-8-18(5-6-21-9)13-10-3-1-2-4-11(10)16-17-12(13)14(19)20/h1-4,9H,5-6,8H2,(H,19,20). The van der Waals surface area contributed by atoms with Gasteiger partial charge in [0, 0.05) is 11.9 Å². The predicted molar refractivity (Wildman–Crippen MR) is 74.1 cm³/mol. The summed E-state index contributed by atoms with van der Waals surface area (Å²) >= 11 is 0. The number of hydrogen-bond donors (Lipinski definition) is 1. The fraction of sp³-hybridized carbons (Fsp3) is 0.286. The van der Waals surface area contributed by atoms with E-state index in [1.54, 1.807) is 6.07 Å². The molecule has 2 aromatic rings. The number of rotatable bonds is 2. The van der Waals surface area contributed by atoms with Crippen LogP contribution in [0.25, 0.3) is 10.9 Å². The molecule has 3 rings (SSSR count). The Bertz CT molecular complexity index is 741. The topological polar surface area (TPSA) is 99.3 Å². The second kappa shape index (κ2) is 5.34. The highest BCUT2D eigenvalue weighted by atomic mass is 16.5. The van der Waals surface area contributed by atoms with Crippen molar-refractivity contribution in [3.63, 3.8) is 0 Å². The molecule has 1 aliphatic rings. The third kappa shape index (κ3) is 2.37. The molecule has 1 N–H and O–H groups in total. The van der Waals surface area contributed by atoms with Crippen LogP contribution in [0.1, 0.15) is 10.5 Å². The highest BCUT2D eigenvalue weighted by Crippen LogP contribution is 2.29. The molecule has 0 aliphatic carbocycles. The smallest absolute Gasteiger partial charge is 0.358 e. The molecule has 1 aromatic carbocycles. The molecular formula is C14H12N4O3. The van der Waals surface area contributed by atoms with E-state index >= 15 is 0 Å². The molecule has 0 bridgehead atoms. The van der Waals surface area contributed by atoms with E-state index in [0.717, 1.165) is 0 Å². The molecule has 1 aromatic heterocycles. The van der Waals surface area contributed by atoms with Crippen molar-refractivity contribution in [2.24, 2.45) is 0 Å². The Kier molecular flexibility index (Phi) is 3.38. The lowest BCUT2D eigenvalue weighted by molar-refractivity contribution is 0.0681. The number of aromatic nitrogens is 2. The van der Waals surface area contributed by atoms with Gasteiger partial charge in [-0.25, -0.2) is 4.79 Å². The second-order valence-corrected chi connectivity index (χ2v) is 4.65. The van der Waals surface area contributed by atoms with E-state index in [0.29, 0.717) is 36.3 Å². The van der Waals surface area contributed by atoms with Crippen molar-refractivity contribution in [3.05, 3.63) is 30.0 Å². The normalized spacial score (nSPS) is 18.4. The van der Waals surface area contributed by atoms with E-state index in [1.165, 1.54) is 0 Å². The number of carboxylic acid groups (broad SMARTS) is 1. The van der Waals surface area contributed by atoms with Crippen LogP contribution in [0.4, 0.5) is 5.69 Å². The number of morpholine rings is 1. The molecular weight excluding hydrogens is 272 g/mol. The van der Waals surface area contributed by atoms with Crippen molar-refractivity contribution in [1.29, 1.82) is 5.26 Å². The van der Waals surface area contributed by atoms with Gasteiger partial charge in [0.1, 0.15) is 0 Å². The molecule has 1 saturated heterocycles. The van der Waals surface area contributed by atoms with E-state index in [-0.39, 0.29) is 5.69 Å². The summed E-state index contributed by atoms with van der Waals surface area (Å²) < 4.78 is 5.31. The van der Waals surface area contributed by atoms with Crippen LogP contribution >= 0.6 is 0 Å². The van der Waals surface area contributed by atoms with E-state index in [1.807, 2.05) is 23.1 Å². The van der Waals surface area contributed by atoms with Crippen LogP contribution < -0.4 is 4.90 Å². The van der Waals surface area contributed by atoms with Gasteiger partial charge in [0.15, 0.2) is 11.8 Å². The van der Waals surface area contributed by atoms with Crippen LogP contribution in [0.5, 0.6) is 0 Å². The number of carboxylic acids is 1. The molecule has 0 spiro atoms. The number of nitrogens with zero attached hydrogens (tertiary/aromatic N) is 4. The van der Waals surface area contributed by atoms with Gasteiger partial charge in [-0.15, -0.1) is 10.2 Å². The summed E-state index contributed by atoms with van der Waals surface area (Å²) in [6, 6.07) is 9.28. The zero-order valence-corrected chi connectivity index (χ0v) is 11.1. The van der Waals surface area contributed by atoms with Crippen molar-refractivity contribution in [3.8, 4) is 6.07 Å². The number of ether oxygens (including phenoxy) is 1. The van der Waals surface area contributed by atoms with E-state index in [4.69, 9.17) is 10.00 Å². The number of carbonyl (C=O) groups is 1. The number of fused-ring (bicyclic) bond motifs is 1. The molecule has 0 amide bonds. The Balaban J connectivity index is 2.16. The molecule has 2 heterocycles. The van der Waals surface area contributed by atoms with Crippen LogP contribution in [-0.2, 0) is 4.74 Å². The fourth-order valence-electron chi connectivity index (χ4n) is 2.43. The molecule has 0 saturated carbocycles. The van der Waals surface area contributed by atoms with Crippen molar-refractivity contribution in [2.45, 2.75) is 6.10 Å². The van der Waals surface area contributed by atoms with Crippen molar-refractivity contribution < 1.29 is 14.6 Å². The van der Waals surface area contributed by atoms with Crippen LogP contribution in [0.15, 0.2) is 24.3 Å². The molecule has 7 nitrogen and oxygen atoms in total. The lowest BCUT2D eigenvalue weighted by Crippen LogP contribution is -2.42. The van der Waals surface area contributed by atoms with Gasteiger partial charge in [0.05, 0.1) is 30.4 Å².